The van der Waals surface area contributed by atoms with Crippen molar-refractivity contribution < 1.29 is 9.90 Å². The molecule has 0 spiro atoms. The Kier molecular flexibility index (Phi) is 5.08. The summed E-state index contributed by atoms with van der Waals surface area (Å²) < 4.78 is 1.84. The van der Waals surface area contributed by atoms with E-state index in [1.807, 2.05) is 60.8 Å². The van der Waals surface area contributed by atoms with Crippen LogP contribution < -0.4 is 9.80 Å². The van der Waals surface area contributed by atoms with Crippen molar-refractivity contribution in [2.45, 2.75) is 19.8 Å². The largest absolute Gasteiger partial charge is 0.481 e. The molecule has 0 bridgehead atoms. The number of hydrogen-bond donors (Lipinski definition) is 1. The molecule has 1 aliphatic heterocycles. The molecular weight excluding hydrogens is 390 g/mol. The van der Waals surface area contributed by atoms with Gasteiger partial charge in [-0.15, -0.1) is 0 Å². The Hall–Kier alpha value is -2.80. The van der Waals surface area contributed by atoms with Crippen molar-refractivity contribution in [3.05, 3.63) is 41.0 Å². The van der Waals surface area contributed by atoms with E-state index in [0.29, 0.717) is 18.0 Å². The van der Waals surface area contributed by atoms with Gasteiger partial charge < -0.3 is 14.9 Å². The molecule has 29 heavy (non-hydrogen) atoms. The van der Waals surface area contributed by atoms with Gasteiger partial charge in [-0.25, -0.2) is 4.98 Å². The van der Waals surface area contributed by atoms with E-state index in [1.165, 1.54) is 0 Å². The highest BCUT2D eigenvalue weighted by Gasteiger charge is 2.30. The third kappa shape index (κ3) is 3.62. The molecular formula is C21H24ClN5O2. The lowest BCUT2D eigenvalue weighted by Gasteiger charge is -2.35. The molecule has 0 amide bonds. The summed E-state index contributed by atoms with van der Waals surface area (Å²) in [6.07, 6.45) is 1.53. The third-order valence-corrected chi connectivity index (χ3v) is 5.64. The van der Waals surface area contributed by atoms with E-state index in [0.717, 1.165) is 47.1 Å². The molecule has 2 aromatic heterocycles. The number of carboxylic acids is 1. The molecule has 1 aliphatic rings. The van der Waals surface area contributed by atoms with Gasteiger partial charge in [-0.3, -0.25) is 4.79 Å². The molecule has 1 atom stereocenters. The van der Waals surface area contributed by atoms with Crippen molar-refractivity contribution in [1.82, 2.24) is 14.6 Å². The summed E-state index contributed by atoms with van der Waals surface area (Å²) in [5.41, 5.74) is 4.34. The van der Waals surface area contributed by atoms with Crippen LogP contribution in [0.4, 0.5) is 11.5 Å². The van der Waals surface area contributed by atoms with Crippen LogP contribution in [-0.4, -0.2) is 52.9 Å². The van der Waals surface area contributed by atoms with E-state index in [4.69, 9.17) is 21.7 Å². The van der Waals surface area contributed by atoms with Crippen LogP contribution in [0.3, 0.4) is 0 Å². The number of benzene rings is 1. The summed E-state index contributed by atoms with van der Waals surface area (Å²) in [5.74, 6) is -0.234. The number of carbonyl (C=O) groups is 1. The molecule has 1 aromatic carbocycles. The first-order chi connectivity index (χ1) is 13.8. The molecule has 0 aliphatic carbocycles. The second-order valence-corrected chi connectivity index (χ2v) is 8.13. The molecule has 0 radical (unpaired) electrons. The van der Waals surface area contributed by atoms with Crippen molar-refractivity contribution in [1.29, 1.82) is 0 Å². The van der Waals surface area contributed by atoms with Crippen molar-refractivity contribution in [3.63, 3.8) is 0 Å². The molecule has 1 unspecified atom stereocenters. The fourth-order valence-corrected chi connectivity index (χ4v) is 4.16. The molecule has 1 fully saturated rings. The van der Waals surface area contributed by atoms with Crippen LogP contribution in [0.15, 0.2) is 30.3 Å². The lowest BCUT2D eigenvalue weighted by Crippen LogP contribution is -2.40. The monoisotopic (exact) mass is 413 g/mol. The van der Waals surface area contributed by atoms with E-state index in [1.54, 1.807) is 0 Å². The highest BCUT2D eigenvalue weighted by atomic mass is 35.5. The van der Waals surface area contributed by atoms with Crippen molar-refractivity contribution >= 4 is 34.7 Å². The maximum absolute atomic E-state index is 11.6. The van der Waals surface area contributed by atoms with Gasteiger partial charge in [-0.2, -0.15) is 9.61 Å². The number of anilines is 2. The topological polar surface area (TPSA) is 74.0 Å². The number of aliphatic carboxylic acids is 1. The summed E-state index contributed by atoms with van der Waals surface area (Å²) in [6, 6.07) is 9.51. The highest BCUT2D eigenvalue weighted by Crippen LogP contribution is 2.35. The lowest BCUT2D eigenvalue weighted by atomic mass is 9.98. The van der Waals surface area contributed by atoms with Gasteiger partial charge >= 0.3 is 5.97 Å². The molecule has 8 heteroatoms. The van der Waals surface area contributed by atoms with E-state index >= 15 is 0 Å². The van der Waals surface area contributed by atoms with E-state index < -0.39 is 5.97 Å². The number of halogens is 1. The van der Waals surface area contributed by atoms with E-state index in [2.05, 4.69) is 4.90 Å². The maximum Gasteiger partial charge on any atom is 0.308 e. The molecule has 0 saturated carbocycles. The van der Waals surface area contributed by atoms with Crippen LogP contribution in [0.5, 0.6) is 0 Å². The van der Waals surface area contributed by atoms with E-state index in [-0.39, 0.29) is 5.92 Å². The predicted molar refractivity (Wildman–Crippen MR) is 115 cm³/mol. The van der Waals surface area contributed by atoms with Crippen LogP contribution in [0.25, 0.3) is 16.9 Å². The Morgan fingerprint density at radius 3 is 2.66 bits per heavy atom. The average molecular weight is 414 g/mol. The molecule has 3 aromatic rings. The van der Waals surface area contributed by atoms with Gasteiger partial charge in [0, 0.05) is 43.8 Å². The SMILES string of the molecule is Cc1nc2cc(-c3ccc(Cl)cc3)nn2c(N2CCCC(C(=O)O)C2)c1N(C)C. The maximum atomic E-state index is 11.6. The average Bonchev–Trinajstić information content (AvgIpc) is 3.10. The van der Waals surface area contributed by atoms with Gasteiger partial charge in [0.1, 0.15) is 5.69 Å². The van der Waals surface area contributed by atoms with Crippen molar-refractivity contribution in [2.24, 2.45) is 5.92 Å². The minimum absolute atomic E-state index is 0.381. The van der Waals surface area contributed by atoms with E-state index in [9.17, 15) is 9.90 Å². The van der Waals surface area contributed by atoms with Gasteiger partial charge in [-0.05, 0) is 31.9 Å². The van der Waals surface area contributed by atoms with Gasteiger partial charge in [-0.1, -0.05) is 23.7 Å². The van der Waals surface area contributed by atoms with Crippen LogP contribution in [0.1, 0.15) is 18.5 Å². The van der Waals surface area contributed by atoms with Gasteiger partial charge in [0.25, 0.3) is 0 Å². The summed E-state index contributed by atoms with van der Waals surface area (Å²) in [7, 11) is 3.95. The Morgan fingerprint density at radius 1 is 1.28 bits per heavy atom. The summed E-state index contributed by atoms with van der Waals surface area (Å²) in [4.78, 5) is 20.5. The Morgan fingerprint density at radius 2 is 2.00 bits per heavy atom. The second kappa shape index (κ2) is 7.55. The predicted octanol–water partition coefficient (Wildman–Crippen LogP) is 3.73. The molecule has 1 saturated heterocycles. The smallest absolute Gasteiger partial charge is 0.308 e. The molecule has 4 rings (SSSR count). The van der Waals surface area contributed by atoms with Crippen LogP contribution >= 0.6 is 11.6 Å². The standard InChI is InChI=1S/C21H24ClN5O2/c1-13-19(25(2)3)20(26-10-4-5-15(12-26)21(28)29)27-18(23-13)11-17(24-27)14-6-8-16(22)9-7-14/h6-9,11,15H,4-5,10,12H2,1-3H3,(H,28,29). The third-order valence-electron chi connectivity index (χ3n) is 5.39. The fourth-order valence-electron chi connectivity index (χ4n) is 4.03. The Bertz CT molecular complexity index is 1060. The first kappa shape index (κ1) is 19.5. The first-order valence-corrected chi connectivity index (χ1v) is 10.0. The molecule has 3 heterocycles. The number of rotatable bonds is 4. The quantitative estimate of drug-likeness (QED) is 0.702. The van der Waals surface area contributed by atoms with Crippen LogP contribution in [-0.2, 0) is 4.79 Å². The zero-order valence-electron chi connectivity index (χ0n) is 16.8. The molecule has 152 valence electrons. The van der Waals surface area contributed by atoms with Gasteiger partial charge in [0.15, 0.2) is 11.5 Å². The minimum Gasteiger partial charge on any atom is -0.481 e. The van der Waals surface area contributed by atoms with Crippen LogP contribution in [0, 0.1) is 12.8 Å². The normalized spacial score (nSPS) is 17.0. The second-order valence-electron chi connectivity index (χ2n) is 7.69. The van der Waals surface area contributed by atoms with Gasteiger partial charge in [0.05, 0.1) is 17.3 Å². The Labute approximate surface area is 174 Å². The summed E-state index contributed by atoms with van der Waals surface area (Å²) in [6.45, 7) is 3.23. The molecule has 7 nitrogen and oxygen atoms in total. The first-order valence-electron chi connectivity index (χ1n) is 9.66. The zero-order chi connectivity index (χ0) is 20.7. The number of piperidine rings is 1. The number of carboxylic acid groups (broad SMARTS) is 1. The number of aryl methyl sites for hydroxylation is 1. The van der Waals surface area contributed by atoms with Crippen molar-refractivity contribution in [2.75, 3.05) is 37.0 Å². The number of hydrogen-bond acceptors (Lipinski definition) is 5. The Balaban J connectivity index is 1.88. The summed E-state index contributed by atoms with van der Waals surface area (Å²) in [5, 5.41) is 15.1. The highest BCUT2D eigenvalue weighted by molar-refractivity contribution is 6.30. The van der Waals surface area contributed by atoms with Crippen LogP contribution in [0.2, 0.25) is 5.02 Å². The van der Waals surface area contributed by atoms with Crippen molar-refractivity contribution in [3.8, 4) is 11.3 Å². The fraction of sp³-hybridized carbons (Fsp3) is 0.381. The summed E-state index contributed by atoms with van der Waals surface area (Å²) >= 11 is 6.02. The number of nitrogens with zero attached hydrogens (tertiary/aromatic N) is 5. The minimum atomic E-state index is -0.745. The zero-order valence-corrected chi connectivity index (χ0v) is 17.5. The lowest BCUT2D eigenvalue weighted by molar-refractivity contribution is -0.141. The number of aromatic nitrogens is 3. The molecule has 1 N–H and O–H groups in total. The number of fused-ring (bicyclic) bond motifs is 1. The van der Waals surface area contributed by atoms with Gasteiger partial charge in [0.2, 0.25) is 0 Å².